The largest absolute Gasteiger partial charge is 0.368 e. The number of nitrogens with two attached hydrogens (primary N) is 1. The number of halogens is 1. The van der Waals surface area contributed by atoms with Gasteiger partial charge in [0.05, 0.1) is 5.75 Å². The van der Waals surface area contributed by atoms with Crippen molar-refractivity contribution in [3.05, 3.63) is 34.3 Å². The molecule has 0 fully saturated rings. The molecule has 0 aliphatic rings. The van der Waals surface area contributed by atoms with Crippen molar-refractivity contribution in [2.75, 3.05) is 18.5 Å². The van der Waals surface area contributed by atoms with Crippen LogP contribution in [0.4, 0.5) is 5.95 Å². The van der Waals surface area contributed by atoms with E-state index in [4.69, 9.17) is 5.73 Å². The Kier molecular flexibility index (Phi) is 5.02. The maximum absolute atomic E-state index is 12.0. The maximum atomic E-state index is 12.0. The van der Waals surface area contributed by atoms with E-state index in [1.807, 2.05) is 24.3 Å². The number of carbonyl (C=O) groups is 1. The van der Waals surface area contributed by atoms with Crippen LogP contribution in [0.5, 0.6) is 0 Å². The molecule has 0 aliphatic heterocycles. The molecule has 0 radical (unpaired) electrons. The first kappa shape index (κ1) is 14.9. The number of thioether (sulfide) groups is 1. The lowest BCUT2D eigenvalue weighted by Gasteiger charge is -2.16. The van der Waals surface area contributed by atoms with E-state index in [2.05, 4.69) is 31.1 Å². The second-order valence-electron chi connectivity index (χ2n) is 4.17. The predicted octanol–water partition coefficient (Wildman–Crippen LogP) is 1.90. The van der Waals surface area contributed by atoms with Crippen LogP contribution in [-0.2, 0) is 11.3 Å². The first-order valence-electron chi connectivity index (χ1n) is 5.83. The number of aromatic amines is 1. The van der Waals surface area contributed by atoms with Gasteiger partial charge in [-0.05, 0) is 17.7 Å². The molecule has 0 atom stereocenters. The number of aromatic nitrogens is 3. The highest BCUT2D eigenvalue weighted by Gasteiger charge is 2.11. The van der Waals surface area contributed by atoms with Crippen molar-refractivity contribution in [1.82, 2.24) is 20.1 Å². The number of H-pyrrole nitrogens is 1. The smallest absolute Gasteiger partial charge is 0.233 e. The Labute approximate surface area is 129 Å². The summed E-state index contributed by atoms with van der Waals surface area (Å²) < 4.78 is 1.02. The third-order valence-electron chi connectivity index (χ3n) is 2.57. The van der Waals surface area contributed by atoms with Crippen molar-refractivity contribution in [3.63, 3.8) is 0 Å². The number of benzene rings is 1. The van der Waals surface area contributed by atoms with E-state index in [1.165, 1.54) is 11.8 Å². The van der Waals surface area contributed by atoms with Gasteiger partial charge < -0.3 is 10.6 Å². The van der Waals surface area contributed by atoms with Crippen molar-refractivity contribution in [1.29, 1.82) is 0 Å². The molecule has 0 saturated heterocycles. The Morgan fingerprint density at radius 3 is 2.75 bits per heavy atom. The molecule has 0 saturated carbocycles. The number of hydrogen-bond donors (Lipinski definition) is 2. The summed E-state index contributed by atoms with van der Waals surface area (Å²) in [7, 11) is 1.78. The van der Waals surface area contributed by atoms with E-state index < -0.39 is 0 Å². The van der Waals surface area contributed by atoms with Crippen molar-refractivity contribution < 1.29 is 4.79 Å². The summed E-state index contributed by atoms with van der Waals surface area (Å²) in [4.78, 5) is 17.6. The highest BCUT2D eigenvalue weighted by atomic mass is 79.9. The van der Waals surface area contributed by atoms with Gasteiger partial charge in [-0.1, -0.05) is 39.8 Å². The van der Waals surface area contributed by atoms with Crippen LogP contribution in [0.15, 0.2) is 33.9 Å². The summed E-state index contributed by atoms with van der Waals surface area (Å²) in [6.45, 7) is 0.572. The van der Waals surface area contributed by atoms with E-state index >= 15 is 0 Å². The van der Waals surface area contributed by atoms with Gasteiger partial charge in [0, 0.05) is 18.1 Å². The third-order valence-corrected chi connectivity index (χ3v) is 3.93. The minimum atomic E-state index is 0.0151. The van der Waals surface area contributed by atoms with Crippen LogP contribution in [0.1, 0.15) is 5.56 Å². The Hall–Kier alpha value is -1.54. The third kappa shape index (κ3) is 4.24. The average Bonchev–Trinajstić information content (AvgIpc) is 2.84. The topological polar surface area (TPSA) is 87.9 Å². The van der Waals surface area contributed by atoms with Gasteiger partial charge in [-0.15, -0.1) is 5.10 Å². The zero-order chi connectivity index (χ0) is 14.5. The fourth-order valence-corrected chi connectivity index (χ4v) is 2.52. The monoisotopic (exact) mass is 355 g/mol. The van der Waals surface area contributed by atoms with Gasteiger partial charge in [0.15, 0.2) is 0 Å². The van der Waals surface area contributed by atoms with Gasteiger partial charge >= 0.3 is 0 Å². The van der Waals surface area contributed by atoms with Crippen molar-refractivity contribution in [2.45, 2.75) is 11.7 Å². The molecule has 0 unspecified atom stereocenters. The maximum Gasteiger partial charge on any atom is 0.233 e. The second-order valence-corrected chi connectivity index (χ2v) is 6.03. The number of rotatable bonds is 5. The summed E-state index contributed by atoms with van der Waals surface area (Å²) in [6.07, 6.45) is 0. The summed E-state index contributed by atoms with van der Waals surface area (Å²) in [6, 6.07) is 7.88. The van der Waals surface area contributed by atoms with Gasteiger partial charge in [0.25, 0.3) is 0 Å². The first-order chi connectivity index (χ1) is 9.54. The normalized spacial score (nSPS) is 10.5. The summed E-state index contributed by atoms with van der Waals surface area (Å²) in [5, 5.41) is 6.88. The molecule has 0 spiro atoms. The molecule has 106 valence electrons. The first-order valence-corrected chi connectivity index (χ1v) is 7.61. The van der Waals surface area contributed by atoms with Crippen LogP contribution in [0.25, 0.3) is 0 Å². The zero-order valence-corrected chi connectivity index (χ0v) is 13.2. The van der Waals surface area contributed by atoms with Gasteiger partial charge in [-0.3, -0.25) is 4.79 Å². The van der Waals surface area contributed by atoms with Crippen molar-refractivity contribution in [3.8, 4) is 0 Å². The van der Waals surface area contributed by atoms with Gasteiger partial charge in [0.2, 0.25) is 17.0 Å². The van der Waals surface area contributed by atoms with Crippen LogP contribution < -0.4 is 5.73 Å². The Morgan fingerprint density at radius 1 is 1.45 bits per heavy atom. The van der Waals surface area contributed by atoms with Crippen LogP contribution in [0.2, 0.25) is 0 Å². The summed E-state index contributed by atoms with van der Waals surface area (Å²) >= 11 is 4.64. The molecule has 1 aromatic carbocycles. The van der Waals surface area contributed by atoms with Crippen molar-refractivity contribution >= 4 is 39.5 Å². The molecule has 6 nitrogen and oxygen atoms in total. The van der Waals surface area contributed by atoms with Gasteiger partial charge in [-0.2, -0.15) is 4.98 Å². The van der Waals surface area contributed by atoms with Gasteiger partial charge in [-0.25, -0.2) is 5.10 Å². The summed E-state index contributed by atoms with van der Waals surface area (Å²) in [5.74, 6) is 0.550. The fraction of sp³-hybridized carbons (Fsp3) is 0.250. The molecule has 1 amide bonds. The second kappa shape index (κ2) is 6.76. The molecule has 20 heavy (non-hydrogen) atoms. The molecule has 2 rings (SSSR count). The molecule has 1 aromatic heterocycles. The number of nitrogens with one attached hydrogen (secondary N) is 1. The van der Waals surface area contributed by atoms with E-state index in [1.54, 1.807) is 11.9 Å². The quantitative estimate of drug-likeness (QED) is 0.799. The number of nitrogen functional groups attached to an aromatic ring is 1. The predicted molar refractivity (Wildman–Crippen MR) is 82.1 cm³/mol. The highest BCUT2D eigenvalue weighted by molar-refractivity contribution is 9.10. The van der Waals surface area contributed by atoms with Crippen LogP contribution in [0, 0.1) is 0 Å². The molecule has 2 aromatic rings. The SMILES string of the molecule is CN(Cc1ccc(Br)cc1)C(=O)CSc1n[nH]c(N)n1. The number of hydrogen-bond acceptors (Lipinski definition) is 5. The molecular weight excluding hydrogens is 342 g/mol. The highest BCUT2D eigenvalue weighted by Crippen LogP contribution is 2.15. The Balaban J connectivity index is 1.84. The zero-order valence-electron chi connectivity index (χ0n) is 10.8. The van der Waals surface area contributed by atoms with E-state index in [0.717, 1.165) is 10.0 Å². The molecule has 0 aliphatic carbocycles. The molecule has 1 heterocycles. The number of anilines is 1. The average molecular weight is 356 g/mol. The van der Waals surface area contributed by atoms with E-state index in [-0.39, 0.29) is 17.6 Å². The van der Waals surface area contributed by atoms with E-state index in [0.29, 0.717) is 11.7 Å². The minimum Gasteiger partial charge on any atom is -0.368 e. The van der Waals surface area contributed by atoms with Crippen molar-refractivity contribution in [2.24, 2.45) is 0 Å². The lowest BCUT2D eigenvalue weighted by Crippen LogP contribution is -2.27. The Morgan fingerprint density at radius 2 is 2.15 bits per heavy atom. The number of amides is 1. The molecular formula is C12H14BrN5OS. The van der Waals surface area contributed by atoms with Gasteiger partial charge in [0.1, 0.15) is 0 Å². The molecule has 0 bridgehead atoms. The van der Waals surface area contributed by atoms with Crippen LogP contribution in [0.3, 0.4) is 0 Å². The molecule has 3 N–H and O–H groups in total. The number of carbonyl (C=O) groups excluding carboxylic acids is 1. The van der Waals surface area contributed by atoms with Crippen LogP contribution in [-0.4, -0.2) is 38.8 Å². The van der Waals surface area contributed by atoms with E-state index in [9.17, 15) is 4.79 Å². The standard InChI is InChI=1S/C12H14BrN5OS/c1-18(6-8-2-4-9(13)5-3-8)10(19)7-20-12-15-11(14)16-17-12/h2-5H,6-7H2,1H3,(H3,14,15,16,17). The Bertz CT molecular complexity index is 586. The lowest BCUT2D eigenvalue weighted by molar-refractivity contribution is -0.127. The molecule has 8 heteroatoms. The fourth-order valence-electron chi connectivity index (χ4n) is 1.51. The number of nitrogens with zero attached hydrogens (tertiary/aromatic N) is 3. The summed E-state index contributed by atoms with van der Waals surface area (Å²) in [5.41, 5.74) is 6.50. The minimum absolute atomic E-state index is 0.0151. The van der Waals surface area contributed by atoms with Crippen LogP contribution >= 0.6 is 27.7 Å². The lowest BCUT2D eigenvalue weighted by atomic mass is 10.2.